The fourth-order valence-corrected chi connectivity index (χ4v) is 5.90. The number of carbonyl (C=O) groups excluding carboxylic acids is 2. The van der Waals surface area contributed by atoms with Crippen molar-refractivity contribution in [3.63, 3.8) is 0 Å². The summed E-state index contributed by atoms with van der Waals surface area (Å²) in [6.07, 6.45) is 4.88. The first-order valence-electron chi connectivity index (χ1n) is 12.4. The van der Waals surface area contributed by atoms with Crippen molar-refractivity contribution < 1.29 is 22.7 Å². The van der Waals surface area contributed by atoms with E-state index in [9.17, 15) is 18.0 Å². The Kier molecular flexibility index (Phi) is 7.00. The highest BCUT2D eigenvalue weighted by Crippen LogP contribution is 2.31. The molecule has 1 unspecified atom stereocenters. The number of nitrogens with two attached hydrogens (primary N) is 1. The van der Waals surface area contributed by atoms with Crippen LogP contribution in [0.1, 0.15) is 58.1 Å². The van der Waals surface area contributed by atoms with E-state index >= 15 is 0 Å². The summed E-state index contributed by atoms with van der Waals surface area (Å²) in [6, 6.07) is 17.7. The number of nitrogens with zero attached hydrogens (tertiary/aromatic N) is 2. The maximum Gasteiger partial charge on any atom is 0.265 e. The first-order valence-corrected chi connectivity index (χ1v) is 13.8. The van der Waals surface area contributed by atoms with Crippen molar-refractivity contribution in [2.75, 3.05) is 7.11 Å². The van der Waals surface area contributed by atoms with Crippen molar-refractivity contribution in [1.29, 1.82) is 0 Å². The van der Waals surface area contributed by atoms with Gasteiger partial charge in [-0.1, -0.05) is 49.2 Å². The lowest BCUT2D eigenvalue weighted by atomic mass is 9.96. The van der Waals surface area contributed by atoms with Gasteiger partial charge >= 0.3 is 0 Å². The number of rotatable bonds is 8. The molecule has 10 heteroatoms. The molecule has 38 heavy (non-hydrogen) atoms. The standard InChI is InChI=1S/C28H28N4O5S/c1-37-25-16-20(28(34)31-38(35,36)22-9-3-2-4-10-22)13-14-23(25)27(29)32-24-15-19(11-12-21(24)17-30-32)26(33)18-7-5-6-8-18/h2-4,9-18,27H,5-8,29H2,1H3,(H,31,34). The number of ketones is 1. The summed E-state index contributed by atoms with van der Waals surface area (Å²) in [5, 5.41) is 5.29. The average molecular weight is 533 g/mol. The summed E-state index contributed by atoms with van der Waals surface area (Å²) < 4.78 is 34.3. The topological polar surface area (TPSA) is 133 Å². The second-order valence-corrected chi connectivity index (χ2v) is 11.0. The lowest BCUT2D eigenvalue weighted by molar-refractivity contribution is 0.0922. The Bertz CT molecular complexity index is 1610. The summed E-state index contributed by atoms with van der Waals surface area (Å²) in [7, 11) is -2.60. The van der Waals surface area contributed by atoms with Crippen LogP contribution in [0.5, 0.6) is 5.75 Å². The predicted octanol–water partition coefficient (Wildman–Crippen LogP) is 4.04. The first-order chi connectivity index (χ1) is 18.3. The molecular weight excluding hydrogens is 504 g/mol. The molecular formula is C28H28N4O5S. The minimum absolute atomic E-state index is 0.0182. The molecule has 196 valence electrons. The van der Waals surface area contributed by atoms with E-state index in [4.69, 9.17) is 10.5 Å². The van der Waals surface area contributed by atoms with Crippen LogP contribution in [0, 0.1) is 5.92 Å². The van der Waals surface area contributed by atoms with Crippen molar-refractivity contribution in [3.8, 4) is 5.75 Å². The number of hydrogen-bond acceptors (Lipinski definition) is 7. The largest absolute Gasteiger partial charge is 0.496 e. The molecule has 9 nitrogen and oxygen atoms in total. The van der Waals surface area contributed by atoms with Gasteiger partial charge in [0.15, 0.2) is 5.78 Å². The molecule has 5 rings (SSSR count). The van der Waals surface area contributed by atoms with Crippen LogP contribution in [-0.4, -0.2) is 37.0 Å². The van der Waals surface area contributed by atoms with Crippen molar-refractivity contribution in [1.82, 2.24) is 14.5 Å². The third-order valence-corrected chi connectivity index (χ3v) is 8.31. The number of sulfonamides is 1. The number of fused-ring (bicyclic) bond motifs is 1. The summed E-state index contributed by atoms with van der Waals surface area (Å²) in [5.41, 5.74) is 8.56. The van der Waals surface area contributed by atoms with Gasteiger partial charge in [0.2, 0.25) is 0 Å². The van der Waals surface area contributed by atoms with Crippen LogP contribution in [0.4, 0.5) is 0 Å². The molecule has 0 saturated heterocycles. The van der Waals surface area contributed by atoms with E-state index in [1.165, 1.54) is 31.4 Å². The van der Waals surface area contributed by atoms with Crippen molar-refractivity contribution >= 4 is 32.6 Å². The molecule has 1 saturated carbocycles. The third-order valence-electron chi connectivity index (χ3n) is 6.97. The zero-order valence-corrected chi connectivity index (χ0v) is 21.6. The molecule has 0 spiro atoms. The van der Waals surface area contributed by atoms with Crippen LogP contribution in [0.15, 0.2) is 77.8 Å². The molecule has 1 aliphatic rings. The minimum Gasteiger partial charge on any atom is -0.496 e. The Balaban J connectivity index is 1.42. The van der Waals surface area contributed by atoms with Gasteiger partial charge < -0.3 is 10.5 Å². The zero-order valence-electron chi connectivity index (χ0n) is 20.8. The quantitative estimate of drug-likeness (QED) is 0.327. The van der Waals surface area contributed by atoms with E-state index in [2.05, 4.69) is 9.82 Å². The summed E-state index contributed by atoms with van der Waals surface area (Å²) >= 11 is 0. The van der Waals surface area contributed by atoms with Crippen LogP contribution in [0.25, 0.3) is 10.9 Å². The number of ether oxygens (including phenoxy) is 1. The van der Waals surface area contributed by atoms with Crippen molar-refractivity contribution in [2.24, 2.45) is 11.7 Å². The van der Waals surface area contributed by atoms with Gasteiger partial charge in [0.25, 0.3) is 15.9 Å². The first kappa shape index (κ1) is 25.6. The number of carbonyl (C=O) groups is 2. The van der Waals surface area contributed by atoms with Crippen LogP contribution in [0.3, 0.4) is 0 Å². The van der Waals surface area contributed by atoms with Gasteiger partial charge in [0.05, 0.1) is 23.7 Å². The Labute approximate surface area is 220 Å². The van der Waals surface area contributed by atoms with Crippen LogP contribution >= 0.6 is 0 Å². The van der Waals surface area contributed by atoms with E-state index in [-0.39, 0.29) is 22.2 Å². The zero-order chi connectivity index (χ0) is 26.9. The van der Waals surface area contributed by atoms with Gasteiger partial charge in [-0.05, 0) is 43.2 Å². The van der Waals surface area contributed by atoms with Crippen LogP contribution < -0.4 is 15.2 Å². The van der Waals surface area contributed by atoms with E-state index in [1.54, 1.807) is 35.1 Å². The molecule has 1 aliphatic carbocycles. The normalized spacial score (nSPS) is 14.9. The molecule has 0 bridgehead atoms. The number of amides is 1. The highest BCUT2D eigenvalue weighted by molar-refractivity contribution is 7.90. The van der Waals surface area contributed by atoms with Gasteiger partial charge in [-0.25, -0.2) is 17.8 Å². The average Bonchev–Trinajstić information content (AvgIpc) is 3.62. The van der Waals surface area contributed by atoms with E-state index < -0.39 is 22.1 Å². The molecule has 4 aromatic rings. The smallest absolute Gasteiger partial charge is 0.265 e. The molecule has 3 N–H and O–H groups in total. The maximum atomic E-state index is 13.0. The fourth-order valence-electron chi connectivity index (χ4n) is 4.90. The maximum absolute atomic E-state index is 13.0. The summed E-state index contributed by atoms with van der Waals surface area (Å²) in [4.78, 5) is 25.7. The Morgan fingerprint density at radius 2 is 1.74 bits per heavy atom. The van der Waals surface area contributed by atoms with Crippen LogP contribution in [-0.2, 0) is 10.0 Å². The van der Waals surface area contributed by atoms with E-state index in [1.807, 2.05) is 18.2 Å². The number of aromatic nitrogens is 2. The monoisotopic (exact) mass is 532 g/mol. The molecule has 0 aliphatic heterocycles. The fraction of sp³-hybridized carbons (Fsp3) is 0.250. The van der Waals surface area contributed by atoms with E-state index in [0.29, 0.717) is 22.4 Å². The second kappa shape index (κ2) is 10.4. The van der Waals surface area contributed by atoms with Gasteiger partial charge in [-0.15, -0.1) is 0 Å². The number of methoxy groups -OCH3 is 1. The highest BCUT2D eigenvalue weighted by Gasteiger charge is 2.25. The Morgan fingerprint density at radius 3 is 2.45 bits per heavy atom. The summed E-state index contributed by atoms with van der Waals surface area (Å²) in [6.45, 7) is 0. The van der Waals surface area contributed by atoms with Gasteiger partial charge in [0.1, 0.15) is 11.9 Å². The number of benzene rings is 3. The molecule has 1 atom stereocenters. The molecule has 1 amide bonds. The van der Waals surface area contributed by atoms with Gasteiger partial charge in [-0.2, -0.15) is 5.10 Å². The SMILES string of the molecule is COc1cc(C(=O)NS(=O)(=O)c2ccccc2)ccc1C(N)n1ncc2ccc(C(=O)C3CCCC3)cc21. The number of Topliss-reactive ketones (excluding diaryl/α,β-unsaturated/α-hetero) is 1. The Morgan fingerprint density at radius 1 is 1.03 bits per heavy atom. The third kappa shape index (κ3) is 4.92. The Hall–Kier alpha value is -4.02. The minimum atomic E-state index is -4.04. The van der Waals surface area contributed by atoms with Gasteiger partial charge in [0, 0.05) is 28.0 Å². The lowest BCUT2D eigenvalue weighted by Gasteiger charge is -2.18. The molecule has 1 fully saturated rings. The van der Waals surface area contributed by atoms with Gasteiger partial charge in [-0.3, -0.25) is 9.59 Å². The second-order valence-electron chi connectivity index (χ2n) is 9.36. The number of nitrogens with one attached hydrogen (secondary N) is 1. The highest BCUT2D eigenvalue weighted by atomic mass is 32.2. The molecule has 1 heterocycles. The molecule has 3 aromatic carbocycles. The van der Waals surface area contributed by atoms with Crippen molar-refractivity contribution in [3.05, 3.63) is 89.6 Å². The molecule has 1 aromatic heterocycles. The van der Waals surface area contributed by atoms with Crippen LogP contribution in [0.2, 0.25) is 0 Å². The number of hydrogen-bond donors (Lipinski definition) is 2. The lowest BCUT2D eigenvalue weighted by Crippen LogP contribution is -2.30. The summed E-state index contributed by atoms with van der Waals surface area (Å²) in [5.74, 6) is -0.304. The van der Waals surface area contributed by atoms with Crippen molar-refractivity contribution in [2.45, 2.75) is 36.7 Å². The predicted molar refractivity (Wildman–Crippen MR) is 142 cm³/mol. The molecule has 0 radical (unpaired) electrons. The van der Waals surface area contributed by atoms with E-state index in [0.717, 1.165) is 31.1 Å².